The molecule has 7 nitrogen and oxygen atoms in total. The summed E-state index contributed by atoms with van der Waals surface area (Å²) in [6.45, 7) is 5.07. The minimum absolute atomic E-state index is 0.0104. The molecule has 0 atom stereocenters. The monoisotopic (exact) mass is 349 g/mol. The summed E-state index contributed by atoms with van der Waals surface area (Å²) in [7, 11) is 0. The molecule has 1 aromatic carbocycles. The highest BCUT2D eigenvalue weighted by Crippen LogP contribution is 2.19. The van der Waals surface area contributed by atoms with Crippen molar-refractivity contribution < 1.29 is 19.1 Å². The van der Waals surface area contributed by atoms with Crippen molar-refractivity contribution in [1.29, 1.82) is 0 Å². The van der Waals surface area contributed by atoms with E-state index in [1.165, 1.54) is 12.1 Å². The lowest BCUT2D eigenvalue weighted by atomic mass is 10.2. The Labute approximate surface area is 143 Å². The molecular weight excluding hydrogens is 334 g/mol. The number of hydrogen-bond acceptors (Lipinski definition) is 5. The zero-order chi connectivity index (χ0) is 17.9. The molecule has 1 amide bonds. The molecule has 1 N–H and O–H groups in total. The van der Waals surface area contributed by atoms with Gasteiger partial charge in [-0.15, -0.1) is 4.68 Å². The normalized spacial score (nSPS) is 11.0. The lowest BCUT2D eigenvalue weighted by Crippen LogP contribution is -2.29. The van der Waals surface area contributed by atoms with Gasteiger partial charge in [0.25, 0.3) is 5.91 Å². The van der Waals surface area contributed by atoms with Crippen molar-refractivity contribution in [3.63, 3.8) is 0 Å². The number of amides is 1. The number of nitrogens with one attached hydrogen (secondary N) is 1. The number of halogens is 1. The Bertz CT molecular complexity index is 793. The van der Waals surface area contributed by atoms with Crippen LogP contribution in [0.4, 0.5) is 10.6 Å². The van der Waals surface area contributed by atoms with E-state index in [4.69, 9.17) is 16.3 Å². The van der Waals surface area contributed by atoms with Crippen LogP contribution in [0.5, 0.6) is 0 Å². The van der Waals surface area contributed by atoms with Crippen LogP contribution < -0.4 is 5.32 Å². The van der Waals surface area contributed by atoms with Crippen LogP contribution >= 0.6 is 11.6 Å². The number of carbonyl (C=O) groups excluding carboxylic acids is 3. The van der Waals surface area contributed by atoms with Gasteiger partial charge in [0.05, 0.1) is 10.6 Å². The second-order valence-corrected chi connectivity index (χ2v) is 6.31. The van der Waals surface area contributed by atoms with Crippen molar-refractivity contribution in [3.05, 3.63) is 46.6 Å². The maximum Gasteiger partial charge on any atom is 0.437 e. The summed E-state index contributed by atoms with van der Waals surface area (Å²) in [5.41, 5.74) is -0.548. The van der Waals surface area contributed by atoms with E-state index in [0.717, 1.165) is 4.68 Å². The van der Waals surface area contributed by atoms with Gasteiger partial charge in [0.2, 0.25) is 0 Å². The number of nitrogens with zero attached hydrogens (tertiary/aromatic N) is 2. The average Bonchev–Trinajstić information content (AvgIpc) is 2.89. The van der Waals surface area contributed by atoms with Crippen LogP contribution in [-0.4, -0.2) is 33.7 Å². The molecule has 24 heavy (non-hydrogen) atoms. The Hall–Kier alpha value is -2.67. The molecule has 0 saturated heterocycles. The smallest absolute Gasteiger partial charge is 0.437 e. The van der Waals surface area contributed by atoms with Gasteiger partial charge in [-0.05, 0) is 32.9 Å². The molecule has 2 aromatic rings. The fourth-order valence-corrected chi connectivity index (χ4v) is 2.04. The third-order valence-corrected chi connectivity index (χ3v) is 3.11. The van der Waals surface area contributed by atoms with Crippen LogP contribution in [0.15, 0.2) is 30.3 Å². The van der Waals surface area contributed by atoms with Gasteiger partial charge in [-0.3, -0.25) is 9.59 Å². The van der Waals surface area contributed by atoms with E-state index < -0.39 is 17.6 Å². The number of benzene rings is 1. The number of carbonyl (C=O) groups is 3. The topological polar surface area (TPSA) is 90.3 Å². The third-order valence-electron chi connectivity index (χ3n) is 2.78. The first-order chi connectivity index (χ1) is 11.2. The van der Waals surface area contributed by atoms with E-state index in [9.17, 15) is 14.4 Å². The van der Waals surface area contributed by atoms with Crippen LogP contribution in [0.3, 0.4) is 0 Å². The van der Waals surface area contributed by atoms with Crippen molar-refractivity contribution in [2.75, 3.05) is 5.32 Å². The van der Waals surface area contributed by atoms with Crippen molar-refractivity contribution in [2.45, 2.75) is 26.4 Å². The molecule has 1 heterocycles. The number of ether oxygens (including phenoxy) is 1. The number of aldehydes is 1. The number of anilines is 1. The fourth-order valence-electron chi connectivity index (χ4n) is 1.82. The van der Waals surface area contributed by atoms with Crippen LogP contribution in [0, 0.1) is 0 Å². The van der Waals surface area contributed by atoms with Gasteiger partial charge < -0.3 is 10.1 Å². The Kier molecular flexibility index (Phi) is 5.04. The lowest BCUT2D eigenvalue weighted by Gasteiger charge is -2.19. The van der Waals surface area contributed by atoms with Gasteiger partial charge in [0, 0.05) is 6.07 Å². The number of hydrogen-bond donors (Lipinski definition) is 1. The van der Waals surface area contributed by atoms with E-state index >= 15 is 0 Å². The van der Waals surface area contributed by atoms with Gasteiger partial charge in [-0.1, -0.05) is 23.7 Å². The molecule has 0 bridgehead atoms. The van der Waals surface area contributed by atoms with E-state index in [0.29, 0.717) is 6.29 Å². The Morgan fingerprint density at radius 1 is 1.29 bits per heavy atom. The first kappa shape index (κ1) is 17.7. The van der Waals surface area contributed by atoms with Crippen LogP contribution in [0.25, 0.3) is 0 Å². The molecule has 0 unspecified atom stereocenters. The Morgan fingerprint density at radius 2 is 1.96 bits per heavy atom. The standard InChI is InChI=1S/C16H16ClN3O4/c1-16(2,3)24-15(23)20-13(8-10(9-21)19-20)18-14(22)11-6-4-5-7-12(11)17/h4-9H,1-3H3,(H,18,22). The largest absolute Gasteiger partial charge is 0.442 e. The highest BCUT2D eigenvalue weighted by molar-refractivity contribution is 6.34. The second-order valence-electron chi connectivity index (χ2n) is 5.90. The van der Waals surface area contributed by atoms with Crippen molar-refractivity contribution in [2.24, 2.45) is 0 Å². The summed E-state index contributed by atoms with van der Waals surface area (Å²) in [6, 6.07) is 7.72. The summed E-state index contributed by atoms with van der Waals surface area (Å²) >= 11 is 5.98. The number of aromatic nitrogens is 2. The summed E-state index contributed by atoms with van der Waals surface area (Å²) in [4.78, 5) is 35.4. The van der Waals surface area contributed by atoms with Gasteiger partial charge in [-0.2, -0.15) is 5.10 Å². The second kappa shape index (κ2) is 6.84. The maximum absolute atomic E-state index is 12.3. The predicted octanol–water partition coefficient (Wildman–Crippen LogP) is 3.38. The fraction of sp³-hybridized carbons (Fsp3) is 0.250. The van der Waals surface area contributed by atoms with Crippen LogP contribution in [-0.2, 0) is 4.74 Å². The van der Waals surface area contributed by atoms with Gasteiger partial charge >= 0.3 is 6.09 Å². The quantitative estimate of drug-likeness (QED) is 0.858. The van der Waals surface area contributed by atoms with Gasteiger partial charge in [0.15, 0.2) is 6.29 Å². The molecule has 0 radical (unpaired) electrons. The molecule has 0 saturated carbocycles. The number of rotatable bonds is 3. The minimum Gasteiger partial charge on any atom is -0.442 e. The molecule has 1 aromatic heterocycles. The van der Waals surface area contributed by atoms with E-state index in [2.05, 4.69) is 10.4 Å². The van der Waals surface area contributed by atoms with Gasteiger partial charge in [-0.25, -0.2) is 4.79 Å². The summed E-state index contributed by atoms with van der Waals surface area (Å²) in [6.07, 6.45) is -0.350. The van der Waals surface area contributed by atoms with Crippen molar-refractivity contribution >= 4 is 35.7 Å². The highest BCUT2D eigenvalue weighted by Gasteiger charge is 2.23. The van der Waals surface area contributed by atoms with Crippen LogP contribution in [0.1, 0.15) is 41.6 Å². The molecule has 0 spiro atoms. The van der Waals surface area contributed by atoms with E-state index in [1.54, 1.807) is 39.0 Å². The SMILES string of the molecule is CC(C)(C)OC(=O)n1nc(C=O)cc1NC(=O)c1ccccc1Cl. The molecular formula is C16H16ClN3O4. The maximum atomic E-state index is 12.3. The third kappa shape index (κ3) is 4.20. The Morgan fingerprint density at radius 3 is 2.54 bits per heavy atom. The molecule has 0 aliphatic heterocycles. The predicted molar refractivity (Wildman–Crippen MR) is 88.7 cm³/mol. The van der Waals surface area contributed by atoms with E-state index in [-0.39, 0.29) is 22.1 Å². The summed E-state index contributed by atoms with van der Waals surface area (Å²) < 4.78 is 6.02. The minimum atomic E-state index is -0.815. The van der Waals surface area contributed by atoms with Gasteiger partial charge in [0.1, 0.15) is 17.1 Å². The molecule has 0 fully saturated rings. The average molecular weight is 350 g/mol. The highest BCUT2D eigenvalue weighted by atomic mass is 35.5. The van der Waals surface area contributed by atoms with Crippen LogP contribution in [0.2, 0.25) is 5.02 Å². The summed E-state index contributed by atoms with van der Waals surface area (Å²) in [5.74, 6) is -0.529. The first-order valence-corrected chi connectivity index (χ1v) is 7.43. The molecule has 0 aliphatic rings. The molecule has 2 rings (SSSR count). The molecule has 0 aliphatic carbocycles. The van der Waals surface area contributed by atoms with Crippen molar-refractivity contribution in [3.8, 4) is 0 Å². The molecule has 126 valence electrons. The van der Waals surface area contributed by atoms with E-state index in [1.807, 2.05) is 0 Å². The zero-order valence-corrected chi connectivity index (χ0v) is 14.1. The lowest BCUT2D eigenvalue weighted by molar-refractivity contribution is 0.0518. The zero-order valence-electron chi connectivity index (χ0n) is 13.4. The molecule has 8 heteroatoms. The Balaban J connectivity index is 2.31. The first-order valence-electron chi connectivity index (χ1n) is 7.06. The van der Waals surface area contributed by atoms with Crippen molar-refractivity contribution in [1.82, 2.24) is 9.78 Å². The summed E-state index contributed by atoms with van der Waals surface area (Å²) in [5, 5.41) is 6.57.